The average Bonchev–Trinajstić information content (AvgIpc) is 2.94. The summed E-state index contributed by atoms with van der Waals surface area (Å²) in [4.78, 5) is 10.1. The second-order valence-corrected chi connectivity index (χ2v) is 7.87. The topological polar surface area (TPSA) is 117 Å². The van der Waals surface area contributed by atoms with Crippen LogP contribution in [0.1, 0.15) is 12.5 Å². The molecule has 1 saturated heterocycles. The average molecular weight is 381 g/mol. The highest BCUT2D eigenvalue weighted by Crippen LogP contribution is 2.31. The summed E-state index contributed by atoms with van der Waals surface area (Å²) in [5.41, 5.74) is 9.63. The normalized spacial score (nSPS) is 22.3. The van der Waals surface area contributed by atoms with Crippen LogP contribution in [0.15, 0.2) is 40.6 Å². The van der Waals surface area contributed by atoms with Crippen molar-refractivity contribution in [3.63, 3.8) is 0 Å². The van der Waals surface area contributed by atoms with E-state index in [0.717, 1.165) is 11.8 Å². The molecule has 0 bridgehead atoms. The molecule has 0 amide bonds. The molecule has 9 nitrogen and oxygen atoms in total. The third kappa shape index (κ3) is 5.70. The van der Waals surface area contributed by atoms with Gasteiger partial charge in [-0.25, -0.2) is 0 Å². The maximum absolute atomic E-state index is 11.5. The predicted octanol–water partition coefficient (Wildman–Crippen LogP) is 2.17. The molecular weight excluding hydrogens is 358 g/mol. The van der Waals surface area contributed by atoms with E-state index in [9.17, 15) is 8.42 Å². The van der Waals surface area contributed by atoms with Crippen molar-refractivity contribution in [1.82, 2.24) is 4.90 Å². The molecule has 0 aromatic heterocycles. The number of hydrogen-bond donors (Lipinski definition) is 0. The van der Waals surface area contributed by atoms with Gasteiger partial charge in [-0.15, -0.1) is 0 Å². The summed E-state index contributed by atoms with van der Waals surface area (Å²) in [6.07, 6.45) is 0.990. The lowest BCUT2D eigenvalue weighted by molar-refractivity contribution is 0.149. The molecule has 0 N–H and O–H groups in total. The summed E-state index contributed by atoms with van der Waals surface area (Å²) in [5.74, 6) is 0. The van der Waals surface area contributed by atoms with Gasteiger partial charge in [0.25, 0.3) is 10.1 Å². The van der Waals surface area contributed by atoms with E-state index in [1.54, 1.807) is 0 Å². The van der Waals surface area contributed by atoms with Crippen LogP contribution >= 0.6 is 0 Å². The molecule has 10 heteroatoms. The number of benzene rings is 1. The third-order valence-corrected chi connectivity index (χ3v) is 4.60. The third-order valence-electron chi connectivity index (χ3n) is 4.05. The molecule has 1 aromatic carbocycles. The van der Waals surface area contributed by atoms with Crippen LogP contribution in [0.2, 0.25) is 0 Å². The van der Waals surface area contributed by atoms with Gasteiger partial charge in [-0.3, -0.25) is 9.08 Å². The van der Waals surface area contributed by atoms with E-state index in [0.29, 0.717) is 32.0 Å². The first-order valence-electron chi connectivity index (χ1n) is 8.19. The van der Waals surface area contributed by atoms with Crippen LogP contribution in [0.4, 0.5) is 0 Å². The van der Waals surface area contributed by atoms with Crippen LogP contribution in [-0.4, -0.2) is 58.1 Å². The number of oxime groups is 1. The number of likely N-dealkylation sites (tertiary alicyclic amines) is 1. The fourth-order valence-corrected chi connectivity index (χ4v) is 3.32. The zero-order valence-corrected chi connectivity index (χ0v) is 15.7. The Morgan fingerprint density at radius 3 is 2.69 bits per heavy atom. The summed E-state index contributed by atoms with van der Waals surface area (Å²) in [5, 5.41) is 7.83. The molecule has 1 unspecified atom stereocenters. The van der Waals surface area contributed by atoms with Gasteiger partial charge < -0.3 is 4.84 Å². The van der Waals surface area contributed by atoms with Crippen LogP contribution in [0.5, 0.6) is 0 Å². The molecule has 1 heterocycles. The van der Waals surface area contributed by atoms with E-state index in [1.165, 1.54) is 0 Å². The Morgan fingerprint density at radius 1 is 1.35 bits per heavy atom. The molecule has 0 aliphatic carbocycles. The standard InChI is InChI=1S/C16H23N5O4S/c1-3-24-19-15-10-21(9-14-7-5-4-6-8-14)12-16(15,11-18-20-17)13-25-26(2,22)23/h4-8H,3,9-13H2,1-2H3. The molecule has 1 atom stereocenters. The lowest BCUT2D eigenvalue weighted by atomic mass is 9.86. The summed E-state index contributed by atoms with van der Waals surface area (Å²) in [7, 11) is -3.64. The van der Waals surface area contributed by atoms with E-state index < -0.39 is 15.5 Å². The van der Waals surface area contributed by atoms with Crippen molar-refractivity contribution in [1.29, 1.82) is 0 Å². The Morgan fingerprint density at radius 2 is 2.08 bits per heavy atom. The monoisotopic (exact) mass is 381 g/mol. The summed E-state index contributed by atoms with van der Waals surface area (Å²) < 4.78 is 28.0. The molecule has 26 heavy (non-hydrogen) atoms. The summed E-state index contributed by atoms with van der Waals surface area (Å²) in [6.45, 7) is 3.65. The highest BCUT2D eigenvalue weighted by atomic mass is 32.2. The number of azide groups is 1. The Kier molecular flexibility index (Phi) is 6.98. The zero-order chi connectivity index (χ0) is 19.0. The second kappa shape index (κ2) is 9.00. The van der Waals surface area contributed by atoms with E-state index in [1.807, 2.05) is 37.3 Å². The molecule has 1 aliphatic heterocycles. The first-order valence-corrected chi connectivity index (χ1v) is 10.0. The van der Waals surface area contributed by atoms with Crippen molar-refractivity contribution < 1.29 is 17.4 Å². The van der Waals surface area contributed by atoms with Gasteiger partial charge in [-0.05, 0) is 18.0 Å². The molecule has 142 valence electrons. The fraction of sp³-hybridized carbons (Fsp3) is 0.562. The van der Waals surface area contributed by atoms with Crippen molar-refractivity contribution in [3.8, 4) is 0 Å². The quantitative estimate of drug-likeness (QED) is 0.214. The maximum Gasteiger partial charge on any atom is 0.264 e. The molecule has 0 saturated carbocycles. The highest BCUT2D eigenvalue weighted by molar-refractivity contribution is 7.85. The molecule has 1 aromatic rings. The molecule has 1 aliphatic rings. The first kappa shape index (κ1) is 20.2. The fourth-order valence-electron chi connectivity index (χ4n) is 2.88. The van der Waals surface area contributed by atoms with E-state index >= 15 is 0 Å². The van der Waals surface area contributed by atoms with E-state index in [4.69, 9.17) is 14.6 Å². The Balaban J connectivity index is 2.28. The van der Waals surface area contributed by atoms with Crippen LogP contribution in [0.25, 0.3) is 10.4 Å². The van der Waals surface area contributed by atoms with Crippen molar-refractivity contribution in [3.05, 3.63) is 46.3 Å². The van der Waals surface area contributed by atoms with E-state index in [-0.39, 0.29) is 13.2 Å². The van der Waals surface area contributed by atoms with Crippen LogP contribution in [0.3, 0.4) is 0 Å². The number of hydrogen-bond acceptors (Lipinski definition) is 7. The SMILES string of the molecule is CCON=C1CN(Cc2ccccc2)CC1(CN=[N+]=[N-])COS(C)(=O)=O. The van der Waals surface area contributed by atoms with Crippen LogP contribution in [0, 0.1) is 5.41 Å². The van der Waals surface area contributed by atoms with Gasteiger partial charge in [0.2, 0.25) is 0 Å². The lowest BCUT2D eigenvalue weighted by Gasteiger charge is -2.27. The Hall–Kier alpha value is -2.13. The molecule has 2 rings (SSSR count). The Labute approximate surface area is 153 Å². The smallest absolute Gasteiger partial charge is 0.264 e. The zero-order valence-electron chi connectivity index (χ0n) is 14.9. The van der Waals surface area contributed by atoms with Crippen molar-refractivity contribution in [2.24, 2.45) is 15.7 Å². The van der Waals surface area contributed by atoms with Gasteiger partial charge in [-0.1, -0.05) is 40.6 Å². The van der Waals surface area contributed by atoms with Gasteiger partial charge in [0.05, 0.1) is 24.0 Å². The minimum Gasteiger partial charge on any atom is -0.396 e. The largest absolute Gasteiger partial charge is 0.396 e. The van der Waals surface area contributed by atoms with Gasteiger partial charge in [0.1, 0.15) is 6.61 Å². The first-order chi connectivity index (χ1) is 12.4. The minimum atomic E-state index is -3.64. The highest BCUT2D eigenvalue weighted by Gasteiger charge is 2.45. The van der Waals surface area contributed by atoms with Gasteiger partial charge in [0.15, 0.2) is 0 Å². The van der Waals surface area contributed by atoms with Gasteiger partial charge in [-0.2, -0.15) is 8.42 Å². The Bertz CT molecular complexity index is 777. The van der Waals surface area contributed by atoms with Crippen molar-refractivity contribution in [2.75, 3.05) is 39.1 Å². The number of nitrogens with zero attached hydrogens (tertiary/aromatic N) is 5. The lowest BCUT2D eigenvalue weighted by Crippen LogP contribution is -2.40. The minimum absolute atomic E-state index is 0.0379. The predicted molar refractivity (Wildman–Crippen MR) is 98.0 cm³/mol. The molecule has 0 spiro atoms. The van der Waals surface area contributed by atoms with Crippen LogP contribution in [-0.2, 0) is 25.7 Å². The second-order valence-electron chi connectivity index (χ2n) is 6.22. The van der Waals surface area contributed by atoms with E-state index in [2.05, 4.69) is 20.1 Å². The summed E-state index contributed by atoms with van der Waals surface area (Å²) >= 11 is 0. The summed E-state index contributed by atoms with van der Waals surface area (Å²) in [6, 6.07) is 9.89. The molecule has 0 radical (unpaired) electrons. The van der Waals surface area contributed by atoms with Crippen molar-refractivity contribution in [2.45, 2.75) is 13.5 Å². The maximum atomic E-state index is 11.5. The molecular formula is C16H23N5O4S. The van der Waals surface area contributed by atoms with Gasteiger partial charge in [0, 0.05) is 31.1 Å². The number of rotatable bonds is 9. The van der Waals surface area contributed by atoms with Gasteiger partial charge >= 0.3 is 0 Å². The van der Waals surface area contributed by atoms with Crippen molar-refractivity contribution >= 4 is 15.8 Å². The van der Waals surface area contributed by atoms with Crippen LogP contribution < -0.4 is 0 Å². The molecule has 1 fully saturated rings.